The Labute approximate surface area is 138 Å². The van der Waals surface area contributed by atoms with Crippen molar-refractivity contribution in [3.8, 4) is 11.8 Å². The van der Waals surface area contributed by atoms with E-state index < -0.39 is 0 Å². The lowest BCUT2D eigenvalue weighted by Gasteiger charge is -2.21. The quantitative estimate of drug-likeness (QED) is 0.839. The molecule has 1 unspecified atom stereocenters. The summed E-state index contributed by atoms with van der Waals surface area (Å²) in [6.07, 6.45) is 7.50. The molecule has 1 aliphatic carbocycles. The van der Waals surface area contributed by atoms with Crippen molar-refractivity contribution in [2.24, 2.45) is 5.92 Å². The Balaban J connectivity index is 0.000000924. The summed E-state index contributed by atoms with van der Waals surface area (Å²) in [5.41, 5.74) is 3.24. The molecular formula is C19H25N3O. The van der Waals surface area contributed by atoms with Gasteiger partial charge in [0, 0.05) is 5.69 Å². The highest BCUT2D eigenvalue weighted by atomic mass is 16.5. The molecule has 122 valence electrons. The molecule has 4 nitrogen and oxygen atoms in total. The first kappa shape index (κ1) is 17.1. The van der Waals surface area contributed by atoms with Crippen molar-refractivity contribution in [3.05, 3.63) is 47.5 Å². The molecule has 1 aliphatic rings. The van der Waals surface area contributed by atoms with Crippen LogP contribution in [0.3, 0.4) is 0 Å². The highest BCUT2D eigenvalue weighted by molar-refractivity contribution is 5.34. The van der Waals surface area contributed by atoms with Crippen LogP contribution in [-0.4, -0.2) is 16.6 Å². The van der Waals surface area contributed by atoms with Gasteiger partial charge in [0.1, 0.15) is 5.75 Å². The Morgan fingerprint density at radius 3 is 2.83 bits per heavy atom. The molecule has 23 heavy (non-hydrogen) atoms. The van der Waals surface area contributed by atoms with Gasteiger partial charge in [-0.15, -0.1) is 0 Å². The molecule has 1 atom stereocenters. The Morgan fingerprint density at radius 1 is 1.30 bits per heavy atom. The Morgan fingerprint density at radius 2 is 2.09 bits per heavy atom. The molecular weight excluding hydrogens is 286 g/mol. The maximum atomic E-state index is 8.74. The molecule has 0 fully saturated rings. The van der Waals surface area contributed by atoms with Gasteiger partial charge < -0.3 is 9.72 Å². The number of fused-ring (bicyclic) bond motifs is 1. The predicted octanol–water partition coefficient (Wildman–Crippen LogP) is 4.27. The van der Waals surface area contributed by atoms with E-state index in [2.05, 4.69) is 16.0 Å². The number of hydrogen-bond donors (Lipinski definition) is 1. The van der Waals surface area contributed by atoms with Gasteiger partial charge in [0.25, 0.3) is 0 Å². The zero-order valence-corrected chi connectivity index (χ0v) is 14.0. The van der Waals surface area contributed by atoms with Gasteiger partial charge in [-0.25, -0.2) is 4.98 Å². The third-order valence-electron chi connectivity index (χ3n) is 4.10. The van der Waals surface area contributed by atoms with Gasteiger partial charge in [-0.3, -0.25) is 0 Å². The molecule has 0 aliphatic heterocycles. The molecule has 0 bridgehead atoms. The van der Waals surface area contributed by atoms with Gasteiger partial charge >= 0.3 is 0 Å². The predicted molar refractivity (Wildman–Crippen MR) is 91.3 cm³/mol. The minimum absolute atomic E-state index is 0.667. The number of rotatable bonds is 5. The van der Waals surface area contributed by atoms with Gasteiger partial charge in [0.05, 0.1) is 30.3 Å². The number of benzene rings is 1. The Kier molecular flexibility index (Phi) is 6.68. The zero-order chi connectivity index (χ0) is 16.5. The van der Waals surface area contributed by atoms with E-state index in [1.807, 2.05) is 26.0 Å². The maximum absolute atomic E-state index is 8.74. The van der Waals surface area contributed by atoms with Crippen LogP contribution in [0.4, 0.5) is 0 Å². The van der Waals surface area contributed by atoms with Crippen molar-refractivity contribution in [1.82, 2.24) is 9.97 Å². The number of aryl methyl sites for hydroxylation is 1. The largest absolute Gasteiger partial charge is 0.494 e. The number of aromatic amines is 1. The smallest absolute Gasteiger partial charge is 0.119 e. The van der Waals surface area contributed by atoms with Crippen molar-refractivity contribution < 1.29 is 4.74 Å². The number of H-pyrrole nitrogens is 1. The number of nitrogens with one attached hydrogen (secondary N) is 1. The number of imidazole rings is 1. The lowest BCUT2D eigenvalue weighted by molar-refractivity contribution is 0.285. The minimum atomic E-state index is 0.667. The van der Waals surface area contributed by atoms with E-state index in [1.54, 1.807) is 18.5 Å². The highest BCUT2D eigenvalue weighted by Gasteiger charge is 2.19. The van der Waals surface area contributed by atoms with Gasteiger partial charge in [-0.05, 0) is 62.3 Å². The van der Waals surface area contributed by atoms with Crippen molar-refractivity contribution in [1.29, 1.82) is 5.26 Å². The summed E-state index contributed by atoms with van der Waals surface area (Å²) < 4.78 is 5.72. The van der Waals surface area contributed by atoms with Crippen LogP contribution in [0.2, 0.25) is 0 Å². The molecule has 0 spiro atoms. The summed E-state index contributed by atoms with van der Waals surface area (Å²) in [6, 6.07) is 9.40. The summed E-state index contributed by atoms with van der Waals surface area (Å²) in [5.74, 6) is 1.58. The average molecular weight is 311 g/mol. The number of ether oxygens (including phenoxy) is 1. The zero-order valence-electron chi connectivity index (χ0n) is 14.0. The van der Waals surface area contributed by atoms with E-state index >= 15 is 0 Å². The SMILES string of the molecule is CC.N#Cc1ccc(OCCCC2CCc3nc[nH]c3C2)cc1. The molecule has 4 heteroatoms. The van der Waals surface area contributed by atoms with Crippen molar-refractivity contribution >= 4 is 0 Å². The summed E-state index contributed by atoms with van der Waals surface area (Å²) in [4.78, 5) is 7.58. The second-order valence-corrected chi connectivity index (χ2v) is 5.56. The summed E-state index contributed by atoms with van der Waals surface area (Å²) >= 11 is 0. The normalized spacial score (nSPS) is 15.8. The third-order valence-corrected chi connectivity index (χ3v) is 4.10. The van der Waals surface area contributed by atoms with E-state index in [1.165, 1.54) is 24.2 Å². The fraction of sp³-hybridized carbons (Fsp3) is 0.474. The van der Waals surface area contributed by atoms with Gasteiger partial charge in [-0.2, -0.15) is 5.26 Å². The molecule has 2 aromatic rings. The second kappa shape index (κ2) is 8.99. The van der Waals surface area contributed by atoms with Crippen LogP contribution in [0.15, 0.2) is 30.6 Å². The summed E-state index contributed by atoms with van der Waals surface area (Å²) in [7, 11) is 0. The maximum Gasteiger partial charge on any atom is 0.119 e. The van der Waals surface area contributed by atoms with Gasteiger partial charge in [0.2, 0.25) is 0 Å². The molecule has 0 radical (unpaired) electrons. The van der Waals surface area contributed by atoms with E-state index in [9.17, 15) is 0 Å². The molecule has 0 saturated carbocycles. The van der Waals surface area contributed by atoms with Crippen LogP contribution in [0.1, 0.15) is 50.1 Å². The van der Waals surface area contributed by atoms with Gasteiger partial charge in [-0.1, -0.05) is 13.8 Å². The molecule has 0 amide bonds. The molecule has 1 aromatic heterocycles. The van der Waals surface area contributed by atoms with Crippen molar-refractivity contribution in [3.63, 3.8) is 0 Å². The lowest BCUT2D eigenvalue weighted by Crippen LogP contribution is -2.15. The first-order valence-electron chi connectivity index (χ1n) is 8.49. The lowest BCUT2D eigenvalue weighted by atomic mass is 9.87. The second-order valence-electron chi connectivity index (χ2n) is 5.56. The van der Waals surface area contributed by atoms with E-state index in [-0.39, 0.29) is 0 Å². The number of nitriles is 1. The van der Waals surface area contributed by atoms with E-state index in [4.69, 9.17) is 10.00 Å². The summed E-state index contributed by atoms with van der Waals surface area (Å²) in [5, 5.41) is 8.74. The van der Waals surface area contributed by atoms with Crippen LogP contribution in [-0.2, 0) is 12.8 Å². The molecule has 1 N–H and O–H groups in total. The average Bonchev–Trinajstić information content (AvgIpc) is 3.09. The number of hydrogen-bond acceptors (Lipinski definition) is 3. The van der Waals surface area contributed by atoms with Crippen LogP contribution in [0, 0.1) is 17.2 Å². The first-order chi connectivity index (χ1) is 11.3. The standard InChI is InChI=1S/C17H19N3O.C2H6/c18-11-14-3-6-15(7-4-14)21-9-1-2-13-5-8-16-17(10-13)20-12-19-16;1-2/h3-4,6-7,12-13H,1-2,5,8-10H2,(H,19,20);1-2H3. The Hall–Kier alpha value is -2.28. The molecule has 1 aromatic carbocycles. The third kappa shape index (κ3) is 4.85. The number of nitrogens with zero attached hydrogens (tertiary/aromatic N) is 2. The van der Waals surface area contributed by atoms with Crippen LogP contribution in [0.5, 0.6) is 5.75 Å². The van der Waals surface area contributed by atoms with Crippen molar-refractivity contribution in [2.75, 3.05) is 6.61 Å². The van der Waals surface area contributed by atoms with Crippen molar-refractivity contribution in [2.45, 2.75) is 46.0 Å². The van der Waals surface area contributed by atoms with Crippen LogP contribution in [0.25, 0.3) is 0 Å². The van der Waals surface area contributed by atoms with Crippen LogP contribution < -0.4 is 4.74 Å². The van der Waals surface area contributed by atoms with Crippen LogP contribution >= 0.6 is 0 Å². The monoisotopic (exact) mass is 311 g/mol. The molecule has 1 heterocycles. The van der Waals surface area contributed by atoms with E-state index in [0.717, 1.165) is 37.5 Å². The molecule has 3 rings (SSSR count). The fourth-order valence-electron chi connectivity index (χ4n) is 2.91. The van der Waals surface area contributed by atoms with E-state index in [0.29, 0.717) is 5.56 Å². The molecule has 0 saturated heterocycles. The fourth-order valence-corrected chi connectivity index (χ4v) is 2.91. The van der Waals surface area contributed by atoms with Gasteiger partial charge in [0.15, 0.2) is 0 Å². The first-order valence-corrected chi connectivity index (χ1v) is 8.49. The Bertz CT molecular complexity index is 625. The summed E-state index contributed by atoms with van der Waals surface area (Å²) in [6.45, 7) is 4.73. The highest BCUT2D eigenvalue weighted by Crippen LogP contribution is 2.26. The topological polar surface area (TPSA) is 61.7 Å². The number of aromatic nitrogens is 2. The minimum Gasteiger partial charge on any atom is -0.494 e.